The smallest absolute Gasteiger partial charge is 0.170 e. The Bertz CT molecular complexity index is 619. The average molecular weight is 278 g/mol. The van der Waals surface area contributed by atoms with Crippen LogP contribution < -0.4 is 0 Å². The zero-order chi connectivity index (χ0) is 14.0. The third kappa shape index (κ3) is 2.84. The van der Waals surface area contributed by atoms with Gasteiger partial charge >= 0.3 is 0 Å². The maximum Gasteiger partial charge on any atom is 0.170 e. The number of aryl methyl sites for hydroxylation is 3. The van der Waals surface area contributed by atoms with Crippen molar-refractivity contribution in [2.75, 3.05) is 0 Å². The molecular formula is C14H16ClN3O. The number of Topliss-reactive ketones (excluding diaryl/α,β-unsaturated/α-hetero) is 1. The molecule has 0 fully saturated rings. The van der Waals surface area contributed by atoms with E-state index in [0.29, 0.717) is 17.1 Å². The van der Waals surface area contributed by atoms with Gasteiger partial charge in [0.2, 0.25) is 0 Å². The highest BCUT2D eigenvalue weighted by Crippen LogP contribution is 2.22. The van der Waals surface area contributed by atoms with E-state index >= 15 is 0 Å². The molecule has 2 heterocycles. The number of rotatable bonds is 4. The number of hydrogen-bond donors (Lipinski definition) is 0. The van der Waals surface area contributed by atoms with Crippen LogP contribution in [0.15, 0.2) is 18.5 Å². The minimum absolute atomic E-state index is 0.00713. The summed E-state index contributed by atoms with van der Waals surface area (Å²) < 4.78 is 1.78. The fourth-order valence-corrected chi connectivity index (χ4v) is 2.20. The summed E-state index contributed by atoms with van der Waals surface area (Å²) >= 11 is 6.20. The molecular weight excluding hydrogens is 262 g/mol. The summed E-state index contributed by atoms with van der Waals surface area (Å²) in [6.07, 6.45) is 3.56. The lowest BCUT2D eigenvalue weighted by Crippen LogP contribution is -2.10. The van der Waals surface area contributed by atoms with Gasteiger partial charge in [-0.15, -0.1) is 0 Å². The minimum atomic E-state index is 0.00713. The first-order valence-corrected chi connectivity index (χ1v) is 6.57. The van der Waals surface area contributed by atoms with Crippen molar-refractivity contribution in [1.82, 2.24) is 14.8 Å². The lowest BCUT2D eigenvalue weighted by molar-refractivity contribution is 0.0990. The molecule has 2 rings (SSSR count). The van der Waals surface area contributed by atoms with Crippen molar-refractivity contribution in [1.29, 1.82) is 0 Å². The molecule has 0 amide bonds. The zero-order valence-electron chi connectivity index (χ0n) is 11.3. The molecule has 0 saturated carbocycles. The Kier molecular flexibility index (Phi) is 4.00. The summed E-state index contributed by atoms with van der Waals surface area (Å²) in [4.78, 5) is 16.3. The Labute approximate surface area is 117 Å². The van der Waals surface area contributed by atoms with Gasteiger partial charge < -0.3 is 0 Å². The van der Waals surface area contributed by atoms with E-state index in [1.54, 1.807) is 17.1 Å². The maximum absolute atomic E-state index is 12.3. The number of halogens is 1. The molecule has 0 unspecified atom stereocenters. The Morgan fingerprint density at radius 3 is 2.74 bits per heavy atom. The number of hydrogen-bond acceptors (Lipinski definition) is 3. The molecule has 0 atom stereocenters. The van der Waals surface area contributed by atoms with Crippen molar-refractivity contribution in [3.05, 3.63) is 46.0 Å². The molecule has 19 heavy (non-hydrogen) atoms. The summed E-state index contributed by atoms with van der Waals surface area (Å²) in [5, 5.41) is 4.89. The van der Waals surface area contributed by atoms with E-state index in [1.165, 1.54) is 0 Å². The fraction of sp³-hybridized carbons (Fsp3) is 0.357. The monoisotopic (exact) mass is 277 g/mol. The number of pyridine rings is 1. The Hall–Kier alpha value is -1.68. The molecule has 0 spiro atoms. The molecule has 0 radical (unpaired) electrons. The second kappa shape index (κ2) is 5.53. The third-order valence-corrected chi connectivity index (χ3v) is 3.47. The molecule has 100 valence electrons. The fourth-order valence-electron chi connectivity index (χ4n) is 2.00. The largest absolute Gasteiger partial charge is 0.294 e. The number of ketones is 1. The third-order valence-electron chi connectivity index (χ3n) is 2.98. The van der Waals surface area contributed by atoms with E-state index in [4.69, 9.17) is 11.6 Å². The summed E-state index contributed by atoms with van der Waals surface area (Å²) in [5.74, 6) is 0.00713. The summed E-state index contributed by atoms with van der Waals surface area (Å²) in [5.41, 5.74) is 3.11. The molecule has 2 aromatic heterocycles. The topological polar surface area (TPSA) is 47.8 Å². The highest BCUT2D eigenvalue weighted by Gasteiger charge is 2.17. The van der Waals surface area contributed by atoms with Gasteiger partial charge in [0.1, 0.15) is 0 Å². The van der Waals surface area contributed by atoms with Gasteiger partial charge in [0.15, 0.2) is 5.78 Å². The van der Waals surface area contributed by atoms with E-state index < -0.39 is 0 Å². The molecule has 0 aliphatic heterocycles. The molecule has 0 saturated heterocycles. The van der Waals surface area contributed by atoms with Crippen LogP contribution in [0.1, 0.15) is 34.2 Å². The zero-order valence-corrected chi connectivity index (χ0v) is 12.0. The Balaban J connectivity index is 2.29. The highest BCUT2D eigenvalue weighted by molar-refractivity contribution is 6.32. The SMILES string of the molecule is CCn1nc(C)c(Cl)c1CC(=O)c1cncc(C)c1. The van der Waals surface area contributed by atoms with Crippen LogP contribution in [0.2, 0.25) is 5.02 Å². The summed E-state index contributed by atoms with van der Waals surface area (Å²) in [7, 11) is 0. The second-order valence-corrected chi connectivity index (χ2v) is 4.89. The van der Waals surface area contributed by atoms with Crippen LogP contribution in [0, 0.1) is 13.8 Å². The molecule has 0 N–H and O–H groups in total. The predicted molar refractivity (Wildman–Crippen MR) is 74.7 cm³/mol. The predicted octanol–water partition coefficient (Wildman–Crippen LogP) is 2.99. The van der Waals surface area contributed by atoms with Gasteiger partial charge in [0.25, 0.3) is 0 Å². The van der Waals surface area contributed by atoms with Crippen molar-refractivity contribution >= 4 is 17.4 Å². The average Bonchev–Trinajstić information content (AvgIpc) is 2.66. The van der Waals surface area contributed by atoms with Crippen LogP contribution >= 0.6 is 11.6 Å². The first-order valence-electron chi connectivity index (χ1n) is 6.19. The van der Waals surface area contributed by atoms with Gasteiger partial charge in [-0.2, -0.15) is 5.10 Å². The first kappa shape index (κ1) is 13.7. The van der Waals surface area contributed by atoms with Crippen LogP contribution in [0.3, 0.4) is 0 Å². The quantitative estimate of drug-likeness (QED) is 0.807. The highest BCUT2D eigenvalue weighted by atomic mass is 35.5. The Morgan fingerprint density at radius 1 is 1.37 bits per heavy atom. The van der Waals surface area contributed by atoms with Crippen molar-refractivity contribution in [2.45, 2.75) is 33.7 Å². The molecule has 0 aromatic carbocycles. The van der Waals surface area contributed by atoms with Crippen LogP contribution in [0.4, 0.5) is 0 Å². The van der Waals surface area contributed by atoms with Gasteiger partial charge in [-0.1, -0.05) is 11.6 Å². The van der Waals surface area contributed by atoms with E-state index in [9.17, 15) is 4.79 Å². The van der Waals surface area contributed by atoms with Gasteiger partial charge in [-0.25, -0.2) is 0 Å². The normalized spacial score (nSPS) is 10.7. The van der Waals surface area contributed by atoms with Crippen molar-refractivity contribution in [3.8, 4) is 0 Å². The van der Waals surface area contributed by atoms with Crippen molar-refractivity contribution < 1.29 is 4.79 Å². The maximum atomic E-state index is 12.3. The molecule has 5 heteroatoms. The number of nitrogens with zero attached hydrogens (tertiary/aromatic N) is 3. The van der Waals surface area contributed by atoms with E-state index in [0.717, 1.165) is 17.0 Å². The van der Waals surface area contributed by atoms with Gasteiger partial charge in [-0.3, -0.25) is 14.5 Å². The molecule has 0 aliphatic carbocycles. The van der Waals surface area contributed by atoms with Crippen LogP contribution in [-0.2, 0) is 13.0 Å². The first-order chi connectivity index (χ1) is 9.02. The second-order valence-electron chi connectivity index (χ2n) is 4.51. The van der Waals surface area contributed by atoms with Gasteiger partial charge in [-0.05, 0) is 32.4 Å². The van der Waals surface area contributed by atoms with E-state index in [2.05, 4.69) is 10.1 Å². The standard InChI is InChI=1S/C14H16ClN3O/c1-4-18-12(14(15)10(3)17-18)6-13(19)11-5-9(2)7-16-8-11/h5,7-8H,4,6H2,1-3H3. The van der Waals surface area contributed by atoms with Crippen LogP contribution in [0.25, 0.3) is 0 Å². The molecule has 0 bridgehead atoms. The number of aromatic nitrogens is 3. The minimum Gasteiger partial charge on any atom is -0.294 e. The molecule has 2 aromatic rings. The lowest BCUT2D eigenvalue weighted by atomic mass is 10.1. The molecule has 0 aliphatic rings. The number of carbonyl (C=O) groups excluding carboxylic acids is 1. The van der Waals surface area contributed by atoms with Crippen LogP contribution in [-0.4, -0.2) is 20.5 Å². The summed E-state index contributed by atoms with van der Waals surface area (Å²) in [6.45, 7) is 6.43. The lowest BCUT2D eigenvalue weighted by Gasteiger charge is -2.05. The molecule has 4 nitrogen and oxygen atoms in total. The number of carbonyl (C=O) groups is 1. The van der Waals surface area contributed by atoms with Crippen LogP contribution in [0.5, 0.6) is 0 Å². The van der Waals surface area contributed by atoms with Crippen molar-refractivity contribution in [2.24, 2.45) is 0 Å². The van der Waals surface area contributed by atoms with E-state index in [1.807, 2.05) is 26.8 Å². The van der Waals surface area contributed by atoms with Gasteiger partial charge in [0, 0.05) is 24.5 Å². The van der Waals surface area contributed by atoms with Crippen molar-refractivity contribution in [3.63, 3.8) is 0 Å². The summed E-state index contributed by atoms with van der Waals surface area (Å²) in [6, 6.07) is 1.84. The van der Waals surface area contributed by atoms with Gasteiger partial charge in [0.05, 0.1) is 22.8 Å². The van der Waals surface area contributed by atoms with E-state index in [-0.39, 0.29) is 12.2 Å². The Morgan fingerprint density at radius 2 is 2.11 bits per heavy atom.